The first-order chi connectivity index (χ1) is 14.8. The van der Waals surface area contributed by atoms with Crippen LogP contribution >= 0.6 is 0 Å². The van der Waals surface area contributed by atoms with E-state index in [1.807, 2.05) is 12.3 Å². The second kappa shape index (κ2) is 8.65. The summed E-state index contributed by atoms with van der Waals surface area (Å²) < 4.78 is 37.9. The Kier molecular flexibility index (Phi) is 6.10. The van der Waals surface area contributed by atoms with E-state index in [0.29, 0.717) is 18.8 Å². The summed E-state index contributed by atoms with van der Waals surface area (Å²) in [5.41, 5.74) is 2.36. The number of rotatable bonds is 5. The lowest BCUT2D eigenvalue weighted by Gasteiger charge is -2.46. The first-order valence-electron chi connectivity index (χ1n) is 10.5. The van der Waals surface area contributed by atoms with Crippen molar-refractivity contribution in [1.82, 2.24) is 19.8 Å². The van der Waals surface area contributed by atoms with Crippen molar-refractivity contribution in [2.45, 2.75) is 44.1 Å². The molecule has 2 N–H and O–H groups in total. The summed E-state index contributed by atoms with van der Waals surface area (Å²) >= 11 is 0. The third kappa shape index (κ3) is 4.63. The molecular weight excluding hydrogens is 409 g/mol. The van der Waals surface area contributed by atoms with Crippen LogP contribution in [0.5, 0.6) is 0 Å². The van der Waals surface area contributed by atoms with Gasteiger partial charge in [0.2, 0.25) is 0 Å². The molecule has 0 aromatic carbocycles. The fraction of sp³-hybridized carbons (Fsp3) is 0.619. The molecule has 0 amide bonds. The molecule has 0 saturated heterocycles. The number of hydrogen-bond acceptors (Lipinski definition) is 6. The van der Waals surface area contributed by atoms with Crippen molar-refractivity contribution in [3.63, 3.8) is 0 Å². The lowest BCUT2D eigenvalue weighted by molar-refractivity contribution is -0.144. The van der Waals surface area contributed by atoms with Crippen LogP contribution in [0.2, 0.25) is 0 Å². The molecule has 1 unspecified atom stereocenters. The van der Waals surface area contributed by atoms with E-state index in [1.54, 1.807) is 11.1 Å². The summed E-state index contributed by atoms with van der Waals surface area (Å²) in [7, 11) is 1.53. The molecule has 1 fully saturated rings. The van der Waals surface area contributed by atoms with Crippen molar-refractivity contribution < 1.29 is 18.3 Å². The predicted molar refractivity (Wildman–Crippen MR) is 110 cm³/mol. The van der Waals surface area contributed by atoms with Crippen LogP contribution in [0.4, 0.5) is 18.9 Å². The highest BCUT2D eigenvalue weighted by atomic mass is 19.4. The molecule has 7 nitrogen and oxygen atoms in total. The molecule has 1 atom stereocenters. The minimum Gasteiger partial charge on any atom is -0.374 e. The topological polar surface area (TPSA) is 82.4 Å². The van der Waals surface area contributed by atoms with Gasteiger partial charge in [-0.2, -0.15) is 18.4 Å². The standard InChI is InChI=1S/C21H27F3N6O/c1-28(12-21(22,23)24)11-14-2-4-15(5-3-14)30-13-29(9-7-25)20(31)17-10-27-19-16(18(17)30)6-8-26-19/h6,8,10,14-15,20,31H,2-5,9,11-13H2,1H3,(H,26,27). The van der Waals surface area contributed by atoms with E-state index in [0.717, 1.165) is 42.4 Å². The zero-order valence-corrected chi connectivity index (χ0v) is 17.4. The van der Waals surface area contributed by atoms with Crippen molar-refractivity contribution in [2.75, 3.05) is 38.3 Å². The highest BCUT2D eigenvalue weighted by Crippen LogP contribution is 2.42. The second-order valence-corrected chi connectivity index (χ2v) is 8.68. The van der Waals surface area contributed by atoms with Gasteiger partial charge in [-0.15, -0.1) is 0 Å². The number of halogens is 3. The number of alkyl halides is 3. The highest BCUT2D eigenvalue weighted by molar-refractivity contribution is 5.92. The molecule has 2 aliphatic rings. The van der Waals surface area contributed by atoms with Gasteiger partial charge in [-0.3, -0.25) is 4.90 Å². The molecular formula is C21H27F3N6O. The van der Waals surface area contributed by atoms with Gasteiger partial charge in [0.15, 0.2) is 0 Å². The maximum absolute atomic E-state index is 12.6. The van der Waals surface area contributed by atoms with Gasteiger partial charge >= 0.3 is 6.18 Å². The summed E-state index contributed by atoms with van der Waals surface area (Å²) in [5, 5.41) is 20.9. The van der Waals surface area contributed by atoms with Crippen LogP contribution in [0.3, 0.4) is 0 Å². The molecule has 0 bridgehead atoms. The average Bonchev–Trinajstić information content (AvgIpc) is 3.18. The van der Waals surface area contributed by atoms with Gasteiger partial charge in [-0.25, -0.2) is 9.88 Å². The van der Waals surface area contributed by atoms with Gasteiger partial charge in [0.05, 0.1) is 31.5 Å². The van der Waals surface area contributed by atoms with Gasteiger partial charge in [-0.05, 0) is 44.7 Å². The number of nitrogens with zero attached hydrogens (tertiary/aromatic N) is 5. The van der Waals surface area contributed by atoms with Crippen LogP contribution in [0.1, 0.15) is 37.5 Å². The Morgan fingerprint density at radius 2 is 2.06 bits per heavy atom. The van der Waals surface area contributed by atoms with Gasteiger partial charge in [0.25, 0.3) is 0 Å². The highest BCUT2D eigenvalue weighted by Gasteiger charge is 2.37. The van der Waals surface area contributed by atoms with E-state index in [1.165, 1.54) is 11.9 Å². The van der Waals surface area contributed by atoms with E-state index >= 15 is 0 Å². The minimum atomic E-state index is -4.18. The van der Waals surface area contributed by atoms with Crippen molar-refractivity contribution in [3.05, 3.63) is 24.0 Å². The fourth-order valence-corrected chi connectivity index (χ4v) is 5.04. The van der Waals surface area contributed by atoms with E-state index in [9.17, 15) is 23.5 Å². The van der Waals surface area contributed by atoms with Gasteiger partial charge in [-0.1, -0.05) is 0 Å². The second-order valence-electron chi connectivity index (χ2n) is 8.68. The third-order valence-electron chi connectivity index (χ3n) is 6.38. The van der Waals surface area contributed by atoms with E-state index in [2.05, 4.69) is 20.9 Å². The van der Waals surface area contributed by atoms with Crippen molar-refractivity contribution in [1.29, 1.82) is 5.26 Å². The Morgan fingerprint density at radius 1 is 1.32 bits per heavy atom. The van der Waals surface area contributed by atoms with Gasteiger partial charge in [0.1, 0.15) is 11.9 Å². The number of H-pyrrole nitrogens is 1. The average molecular weight is 436 g/mol. The number of aliphatic hydroxyl groups is 1. The number of pyridine rings is 1. The predicted octanol–water partition coefficient (Wildman–Crippen LogP) is 3.21. The Morgan fingerprint density at radius 3 is 2.74 bits per heavy atom. The molecule has 168 valence electrons. The fourth-order valence-electron chi connectivity index (χ4n) is 5.04. The lowest BCUT2D eigenvalue weighted by Crippen LogP contribution is -2.51. The molecule has 3 heterocycles. The SMILES string of the molecule is CN(CC1CCC(N2CN(CC#N)C(O)c3cnc4[nH]ccc4c32)CC1)CC(F)(F)F. The quantitative estimate of drug-likeness (QED) is 0.701. The molecule has 2 aromatic heterocycles. The first kappa shape index (κ1) is 21.9. The van der Waals surface area contributed by atoms with Gasteiger partial charge in [0, 0.05) is 35.9 Å². The zero-order valence-electron chi connectivity index (χ0n) is 17.4. The van der Waals surface area contributed by atoms with Crippen LogP contribution in [-0.4, -0.2) is 70.4 Å². The lowest BCUT2D eigenvalue weighted by atomic mass is 9.84. The van der Waals surface area contributed by atoms with Gasteiger partial charge < -0.3 is 15.0 Å². The third-order valence-corrected chi connectivity index (χ3v) is 6.38. The number of aromatic amines is 1. The number of fused-ring (bicyclic) bond motifs is 3. The summed E-state index contributed by atoms with van der Waals surface area (Å²) in [4.78, 5) is 12.8. The van der Waals surface area contributed by atoms with Crippen LogP contribution in [0, 0.1) is 17.2 Å². The molecule has 1 aliphatic carbocycles. The number of hydrogen-bond donors (Lipinski definition) is 2. The Labute approximate surface area is 179 Å². The molecule has 0 radical (unpaired) electrons. The maximum Gasteiger partial charge on any atom is 0.401 e. The largest absolute Gasteiger partial charge is 0.401 e. The number of anilines is 1. The molecule has 2 aromatic rings. The van der Waals surface area contributed by atoms with Crippen molar-refractivity contribution >= 4 is 16.7 Å². The van der Waals surface area contributed by atoms with Crippen molar-refractivity contribution in [3.8, 4) is 6.07 Å². The smallest absolute Gasteiger partial charge is 0.374 e. The summed E-state index contributed by atoms with van der Waals surface area (Å²) in [6.45, 7) is 0.0785. The van der Waals surface area contributed by atoms with Crippen LogP contribution in [0.15, 0.2) is 18.5 Å². The van der Waals surface area contributed by atoms with Crippen molar-refractivity contribution in [2.24, 2.45) is 5.92 Å². The molecule has 31 heavy (non-hydrogen) atoms. The van der Waals surface area contributed by atoms with E-state index < -0.39 is 18.9 Å². The minimum absolute atomic E-state index is 0.0971. The number of aliphatic hydroxyl groups excluding tert-OH is 1. The summed E-state index contributed by atoms with van der Waals surface area (Å²) in [6.07, 6.45) is 1.81. The Bertz CT molecular complexity index is 947. The molecule has 1 saturated carbocycles. The summed E-state index contributed by atoms with van der Waals surface area (Å²) in [6, 6.07) is 4.25. The Hall–Kier alpha value is -2.35. The molecule has 10 heteroatoms. The normalized spacial score (nSPS) is 25.1. The molecule has 4 rings (SSSR count). The van der Waals surface area contributed by atoms with E-state index in [-0.39, 0.29) is 18.5 Å². The zero-order chi connectivity index (χ0) is 22.2. The van der Waals surface area contributed by atoms with Crippen LogP contribution < -0.4 is 4.90 Å². The molecule has 1 aliphatic heterocycles. The Balaban J connectivity index is 1.51. The monoisotopic (exact) mass is 436 g/mol. The number of aromatic nitrogens is 2. The van der Waals surface area contributed by atoms with E-state index in [4.69, 9.17) is 0 Å². The van der Waals surface area contributed by atoms with Crippen LogP contribution in [0.25, 0.3) is 11.0 Å². The maximum atomic E-state index is 12.6. The summed E-state index contributed by atoms with van der Waals surface area (Å²) in [5.74, 6) is 0.235. The van der Waals surface area contributed by atoms with Crippen LogP contribution in [-0.2, 0) is 0 Å². The first-order valence-corrected chi connectivity index (χ1v) is 10.5. The molecule has 0 spiro atoms. The number of nitrogens with one attached hydrogen (secondary N) is 1. The number of nitriles is 1.